The molecule has 35 heavy (non-hydrogen) atoms. The topological polar surface area (TPSA) is 115 Å². The van der Waals surface area contributed by atoms with Crippen molar-refractivity contribution in [2.45, 2.75) is 44.3 Å². The molecule has 1 saturated carbocycles. The normalized spacial score (nSPS) is 20.8. The molecule has 0 bridgehead atoms. The smallest absolute Gasteiger partial charge is 0.404 e. The van der Waals surface area contributed by atoms with Crippen molar-refractivity contribution in [3.05, 3.63) is 36.2 Å². The van der Waals surface area contributed by atoms with E-state index in [1.807, 2.05) is 4.90 Å². The number of amides is 1. The van der Waals surface area contributed by atoms with Gasteiger partial charge in [-0.15, -0.1) is 0 Å². The lowest BCUT2D eigenvalue weighted by atomic mass is 9.93. The third kappa shape index (κ3) is 5.11. The Bertz CT molecular complexity index is 1190. The highest BCUT2D eigenvalue weighted by atomic mass is 19.3. The van der Waals surface area contributed by atoms with Gasteiger partial charge in [0.1, 0.15) is 11.9 Å². The maximum absolute atomic E-state index is 14.0. The molecule has 2 aliphatic rings. The van der Waals surface area contributed by atoms with Crippen molar-refractivity contribution in [2.75, 3.05) is 31.2 Å². The van der Waals surface area contributed by atoms with Crippen molar-refractivity contribution < 1.29 is 28.2 Å². The number of nitrogens with one attached hydrogen (secondary N) is 1. The molecular formula is C23H26F2N6O4. The maximum atomic E-state index is 14.0. The van der Waals surface area contributed by atoms with Gasteiger partial charge in [-0.3, -0.25) is 4.57 Å². The molecule has 2 aromatic heterocycles. The van der Waals surface area contributed by atoms with E-state index in [2.05, 4.69) is 20.3 Å². The third-order valence-electron chi connectivity index (χ3n) is 6.27. The number of fused-ring (bicyclic) bond motifs is 1. The first-order valence-corrected chi connectivity index (χ1v) is 11.6. The molecule has 0 atom stereocenters. The van der Waals surface area contributed by atoms with Gasteiger partial charge in [0.25, 0.3) is 6.43 Å². The third-order valence-corrected chi connectivity index (χ3v) is 6.27. The quantitative estimate of drug-likeness (QED) is 0.542. The van der Waals surface area contributed by atoms with Crippen LogP contribution in [0.3, 0.4) is 0 Å². The average Bonchev–Trinajstić information content (AvgIpc) is 3.25. The molecule has 0 unspecified atom stereocenters. The molecule has 3 aromatic rings. The summed E-state index contributed by atoms with van der Waals surface area (Å²) in [5.74, 6) is 0.509. The van der Waals surface area contributed by atoms with E-state index in [4.69, 9.17) is 14.6 Å². The fourth-order valence-corrected chi connectivity index (χ4v) is 4.58. The van der Waals surface area contributed by atoms with Crippen molar-refractivity contribution in [1.82, 2.24) is 24.8 Å². The van der Waals surface area contributed by atoms with Crippen molar-refractivity contribution in [3.8, 4) is 11.7 Å². The Morgan fingerprint density at radius 2 is 1.86 bits per heavy atom. The lowest BCUT2D eigenvalue weighted by Crippen LogP contribution is -2.39. The van der Waals surface area contributed by atoms with Gasteiger partial charge in [-0.1, -0.05) is 12.1 Å². The zero-order valence-corrected chi connectivity index (χ0v) is 18.9. The molecule has 1 saturated heterocycles. The first-order chi connectivity index (χ1) is 17.0. The summed E-state index contributed by atoms with van der Waals surface area (Å²) in [6.45, 7) is 2.17. The van der Waals surface area contributed by atoms with Crippen LogP contribution in [0, 0.1) is 0 Å². The van der Waals surface area contributed by atoms with Gasteiger partial charge in [0.05, 0.1) is 24.2 Å². The second-order valence-electron chi connectivity index (χ2n) is 8.60. The molecule has 186 valence electrons. The monoisotopic (exact) mass is 488 g/mol. The van der Waals surface area contributed by atoms with E-state index < -0.39 is 18.3 Å². The molecule has 2 fully saturated rings. The van der Waals surface area contributed by atoms with Crippen LogP contribution in [0.5, 0.6) is 5.88 Å². The highest BCUT2D eigenvalue weighted by molar-refractivity contribution is 5.78. The van der Waals surface area contributed by atoms with Crippen LogP contribution in [0.4, 0.5) is 19.5 Å². The molecule has 1 amide bonds. The fourth-order valence-electron chi connectivity index (χ4n) is 4.58. The van der Waals surface area contributed by atoms with Gasteiger partial charge >= 0.3 is 6.09 Å². The number of carbonyl (C=O) groups is 1. The Morgan fingerprint density at radius 1 is 1.11 bits per heavy atom. The van der Waals surface area contributed by atoms with Crippen molar-refractivity contribution in [3.63, 3.8) is 0 Å². The largest absolute Gasteiger partial charge is 0.474 e. The molecule has 3 heterocycles. The summed E-state index contributed by atoms with van der Waals surface area (Å²) >= 11 is 0. The Kier molecular flexibility index (Phi) is 6.62. The summed E-state index contributed by atoms with van der Waals surface area (Å²) in [4.78, 5) is 26.2. The average molecular weight is 488 g/mol. The van der Waals surface area contributed by atoms with E-state index in [-0.39, 0.29) is 23.8 Å². The second-order valence-corrected chi connectivity index (χ2v) is 8.60. The van der Waals surface area contributed by atoms with Gasteiger partial charge in [-0.25, -0.2) is 18.6 Å². The molecule has 1 aliphatic carbocycles. The summed E-state index contributed by atoms with van der Waals surface area (Å²) in [6.07, 6.45) is -1.42. The van der Waals surface area contributed by atoms with E-state index in [9.17, 15) is 13.6 Å². The zero-order chi connectivity index (χ0) is 24.4. The summed E-state index contributed by atoms with van der Waals surface area (Å²) < 4.78 is 40.9. The molecular weight excluding hydrogens is 462 g/mol. The number of anilines is 1. The number of carboxylic acid groups (broad SMARTS) is 1. The first kappa shape index (κ1) is 23.2. The van der Waals surface area contributed by atoms with Gasteiger partial charge in [0, 0.05) is 25.2 Å². The van der Waals surface area contributed by atoms with Crippen molar-refractivity contribution >= 4 is 23.1 Å². The molecule has 10 nitrogen and oxygen atoms in total. The Morgan fingerprint density at radius 3 is 2.57 bits per heavy atom. The summed E-state index contributed by atoms with van der Waals surface area (Å²) in [6, 6.07) is 8.37. The molecule has 5 rings (SSSR count). The number of ether oxygens (including phenoxy) is 2. The molecule has 0 radical (unpaired) electrons. The number of imidazole rings is 1. The number of halogens is 2. The SMILES string of the molecule is O=C(O)NC1CCC(Oc2cc(-n3c(C(F)F)nc4ccccc43)nc(N3CCOCC3)n2)CC1. The molecule has 2 N–H and O–H groups in total. The number of hydrogen-bond acceptors (Lipinski definition) is 7. The number of morpholine rings is 1. The molecule has 1 aromatic carbocycles. The van der Waals surface area contributed by atoms with Crippen LogP contribution in [0.1, 0.15) is 37.9 Å². The number of alkyl halides is 2. The number of para-hydroxylation sites is 2. The van der Waals surface area contributed by atoms with Gasteiger partial charge in [0.15, 0.2) is 5.82 Å². The Labute approximate surface area is 199 Å². The zero-order valence-electron chi connectivity index (χ0n) is 18.9. The fraction of sp³-hybridized carbons (Fsp3) is 0.478. The predicted octanol–water partition coefficient (Wildman–Crippen LogP) is 3.55. The van der Waals surface area contributed by atoms with Crippen LogP contribution in [-0.2, 0) is 4.74 Å². The highest BCUT2D eigenvalue weighted by Gasteiger charge is 2.27. The number of benzene rings is 1. The van der Waals surface area contributed by atoms with Crippen LogP contribution >= 0.6 is 0 Å². The molecule has 12 heteroatoms. The first-order valence-electron chi connectivity index (χ1n) is 11.6. The van der Waals surface area contributed by atoms with Gasteiger partial charge in [-0.2, -0.15) is 9.97 Å². The van der Waals surface area contributed by atoms with Crippen LogP contribution < -0.4 is 15.0 Å². The summed E-state index contributed by atoms with van der Waals surface area (Å²) in [7, 11) is 0. The van der Waals surface area contributed by atoms with E-state index in [1.165, 1.54) is 4.57 Å². The summed E-state index contributed by atoms with van der Waals surface area (Å²) in [5, 5.41) is 11.5. The van der Waals surface area contributed by atoms with E-state index in [0.29, 0.717) is 69.0 Å². The Balaban J connectivity index is 1.49. The maximum Gasteiger partial charge on any atom is 0.404 e. The lowest BCUT2D eigenvalue weighted by Gasteiger charge is -2.30. The minimum atomic E-state index is -2.80. The van der Waals surface area contributed by atoms with Crippen LogP contribution in [0.2, 0.25) is 0 Å². The Hall–Kier alpha value is -3.54. The van der Waals surface area contributed by atoms with Crippen LogP contribution in [-0.4, -0.2) is 69.2 Å². The van der Waals surface area contributed by atoms with Gasteiger partial charge < -0.3 is 24.8 Å². The minimum absolute atomic E-state index is 0.108. The standard InChI is InChI=1S/C23H26F2N6O4/c24-20(25)21-27-16-3-1-2-4-17(16)31(21)18-13-19(29-22(28-18)30-9-11-34-12-10-30)35-15-7-5-14(6-8-15)26-23(32)33/h1-4,13-15,20,26H,5-12H2,(H,32,33). The van der Waals surface area contributed by atoms with Crippen LogP contribution in [0.25, 0.3) is 16.9 Å². The van der Waals surface area contributed by atoms with E-state index in [0.717, 1.165) is 0 Å². The lowest BCUT2D eigenvalue weighted by molar-refractivity contribution is 0.120. The molecule has 0 spiro atoms. The van der Waals surface area contributed by atoms with Gasteiger partial charge in [0.2, 0.25) is 11.8 Å². The van der Waals surface area contributed by atoms with E-state index in [1.54, 1.807) is 30.3 Å². The van der Waals surface area contributed by atoms with Crippen LogP contribution in [0.15, 0.2) is 30.3 Å². The van der Waals surface area contributed by atoms with Crippen molar-refractivity contribution in [2.24, 2.45) is 0 Å². The summed E-state index contributed by atoms with van der Waals surface area (Å²) in [5.41, 5.74) is 0.960. The molecule has 1 aliphatic heterocycles. The minimum Gasteiger partial charge on any atom is -0.474 e. The van der Waals surface area contributed by atoms with Crippen molar-refractivity contribution in [1.29, 1.82) is 0 Å². The number of rotatable bonds is 6. The predicted molar refractivity (Wildman–Crippen MR) is 122 cm³/mol. The second kappa shape index (κ2) is 9.98. The highest BCUT2D eigenvalue weighted by Crippen LogP contribution is 2.31. The number of aromatic nitrogens is 4. The number of nitrogens with zero attached hydrogens (tertiary/aromatic N) is 5. The van der Waals surface area contributed by atoms with Gasteiger partial charge in [-0.05, 0) is 37.8 Å². The number of hydrogen-bond donors (Lipinski definition) is 2. The van der Waals surface area contributed by atoms with E-state index >= 15 is 0 Å².